The van der Waals surface area contributed by atoms with E-state index in [0.717, 1.165) is 16.5 Å². The predicted molar refractivity (Wildman–Crippen MR) is 97.0 cm³/mol. The number of nitrogens with one attached hydrogen (secondary N) is 1. The van der Waals surface area contributed by atoms with Crippen LogP contribution in [0.2, 0.25) is 0 Å². The van der Waals surface area contributed by atoms with E-state index in [0.29, 0.717) is 22.2 Å². The van der Waals surface area contributed by atoms with Gasteiger partial charge in [0.15, 0.2) is 0 Å². The van der Waals surface area contributed by atoms with Crippen LogP contribution >= 0.6 is 23.7 Å². The Hall–Kier alpha value is -2.37. The number of hydrogen-bond donors (Lipinski definition) is 1. The summed E-state index contributed by atoms with van der Waals surface area (Å²) in [6, 6.07) is 7.62. The Morgan fingerprint density at radius 1 is 1.30 bits per heavy atom. The van der Waals surface area contributed by atoms with Crippen molar-refractivity contribution >= 4 is 45.5 Å². The molecule has 3 aromatic heterocycles. The minimum absolute atomic E-state index is 0. The van der Waals surface area contributed by atoms with Crippen molar-refractivity contribution in [1.29, 1.82) is 0 Å². The van der Waals surface area contributed by atoms with Crippen molar-refractivity contribution in [3.63, 3.8) is 0 Å². The van der Waals surface area contributed by atoms with Gasteiger partial charge >= 0.3 is 0 Å². The number of pyridine rings is 2. The number of fused-ring (bicyclic) bond motifs is 3. The molecule has 4 rings (SSSR count). The standard InChI is InChI=1S/C17H12N2O2S.ClH/c1-21-13-7-10-3-2-5-18-15(10)16-14(13)17(20)12(8-19-16)11-4-6-22-9-11;/h2-9H,1H3,(H,19,20);1H. The molecule has 0 aliphatic heterocycles. The Balaban J connectivity index is 0.00000156. The zero-order valence-corrected chi connectivity index (χ0v) is 13.8. The molecule has 0 saturated heterocycles. The van der Waals surface area contributed by atoms with Gasteiger partial charge in [0.25, 0.3) is 0 Å². The number of methoxy groups -OCH3 is 1. The Bertz CT molecular complexity index is 1040. The normalized spacial score (nSPS) is 10.7. The Morgan fingerprint density at radius 2 is 2.17 bits per heavy atom. The molecule has 3 heterocycles. The van der Waals surface area contributed by atoms with Crippen LogP contribution in [0.15, 0.2) is 52.2 Å². The van der Waals surface area contributed by atoms with E-state index in [4.69, 9.17) is 4.74 Å². The lowest BCUT2D eigenvalue weighted by Crippen LogP contribution is -2.08. The highest BCUT2D eigenvalue weighted by Crippen LogP contribution is 2.30. The van der Waals surface area contributed by atoms with Crippen LogP contribution in [0.25, 0.3) is 32.9 Å². The van der Waals surface area contributed by atoms with Crippen molar-refractivity contribution in [3.05, 3.63) is 57.6 Å². The molecule has 0 radical (unpaired) electrons. The molecular formula is C17H13ClN2O2S. The first-order chi connectivity index (χ1) is 10.8. The van der Waals surface area contributed by atoms with E-state index in [1.54, 1.807) is 30.8 Å². The first-order valence-corrected chi connectivity index (χ1v) is 7.73. The number of thiophene rings is 1. The summed E-state index contributed by atoms with van der Waals surface area (Å²) in [7, 11) is 1.58. The molecule has 1 aromatic carbocycles. The fourth-order valence-electron chi connectivity index (χ4n) is 2.70. The fourth-order valence-corrected chi connectivity index (χ4v) is 3.36. The molecule has 6 heteroatoms. The van der Waals surface area contributed by atoms with Crippen LogP contribution in [0, 0.1) is 0 Å². The van der Waals surface area contributed by atoms with Crippen LogP contribution in [0.5, 0.6) is 5.75 Å². The van der Waals surface area contributed by atoms with E-state index in [9.17, 15) is 4.79 Å². The van der Waals surface area contributed by atoms with E-state index in [1.807, 2.05) is 35.0 Å². The summed E-state index contributed by atoms with van der Waals surface area (Å²) < 4.78 is 5.44. The van der Waals surface area contributed by atoms with E-state index in [1.165, 1.54) is 0 Å². The molecule has 0 aliphatic carbocycles. The molecule has 4 aromatic rings. The molecule has 1 N–H and O–H groups in total. The number of nitrogens with zero attached hydrogens (tertiary/aromatic N) is 1. The predicted octanol–water partition coefficient (Wildman–Crippen LogP) is 4.24. The Morgan fingerprint density at radius 3 is 2.91 bits per heavy atom. The van der Waals surface area contributed by atoms with Crippen molar-refractivity contribution in [2.24, 2.45) is 0 Å². The van der Waals surface area contributed by atoms with Gasteiger partial charge in [0.2, 0.25) is 5.43 Å². The summed E-state index contributed by atoms with van der Waals surface area (Å²) in [4.78, 5) is 20.6. The summed E-state index contributed by atoms with van der Waals surface area (Å²) in [5.41, 5.74) is 2.99. The number of aromatic nitrogens is 2. The maximum absolute atomic E-state index is 12.9. The van der Waals surface area contributed by atoms with Gasteiger partial charge in [-0.2, -0.15) is 11.3 Å². The number of ether oxygens (including phenoxy) is 1. The number of H-pyrrole nitrogens is 1. The van der Waals surface area contributed by atoms with Crippen LogP contribution in [-0.2, 0) is 0 Å². The van der Waals surface area contributed by atoms with E-state index in [-0.39, 0.29) is 17.8 Å². The maximum atomic E-state index is 12.9. The number of benzene rings is 1. The van der Waals surface area contributed by atoms with Gasteiger partial charge in [-0.25, -0.2) is 0 Å². The highest BCUT2D eigenvalue weighted by molar-refractivity contribution is 7.08. The van der Waals surface area contributed by atoms with Crippen molar-refractivity contribution in [1.82, 2.24) is 9.97 Å². The van der Waals surface area contributed by atoms with E-state index in [2.05, 4.69) is 9.97 Å². The first-order valence-electron chi connectivity index (χ1n) is 6.79. The molecule has 0 amide bonds. The molecular weight excluding hydrogens is 332 g/mol. The van der Waals surface area contributed by atoms with Gasteiger partial charge in [0, 0.05) is 23.3 Å². The minimum atomic E-state index is -0.0449. The highest BCUT2D eigenvalue weighted by Gasteiger charge is 2.15. The molecule has 0 fully saturated rings. The van der Waals surface area contributed by atoms with Gasteiger partial charge in [-0.05, 0) is 34.5 Å². The second-order valence-electron chi connectivity index (χ2n) is 4.95. The molecule has 0 bridgehead atoms. The maximum Gasteiger partial charge on any atom is 0.201 e. The smallest absolute Gasteiger partial charge is 0.201 e. The average Bonchev–Trinajstić information content (AvgIpc) is 3.08. The Kier molecular flexibility index (Phi) is 4.07. The topological polar surface area (TPSA) is 55.0 Å². The zero-order valence-electron chi connectivity index (χ0n) is 12.2. The summed E-state index contributed by atoms with van der Waals surface area (Å²) >= 11 is 1.56. The van der Waals surface area contributed by atoms with Crippen molar-refractivity contribution in [2.75, 3.05) is 7.11 Å². The SMILES string of the molecule is COc1cc2cccnc2c2[nH]cc(-c3ccsc3)c(=O)c12.Cl. The van der Waals surface area contributed by atoms with Crippen LogP contribution < -0.4 is 10.2 Å². The summed E-state index contributed by atoms with van der Waals surface area (Å²) in [6.45, 7) is 0. The van der Waals surface area contributed by atoms with E-state index >= 15 is 0 Å². The van der Waals surface area contributed by atoms with Gasteiger partial charge in [-0.15, -0.1) is 12.4 Å². The van der Waals surface area contributed by atoms with Crippen molar-refractivity contribution in [3.8, 4) is 16.9 Å². The molecule has 0 unspecified atom stereocenters. The third-order valence-corrected chi connectivity index (χ3v) is 4.43. The van der Waals surface area contributed by atoms with Gasteiger partial charge in [-0.3, -0.25) is 9.78 Å². The monoisotopic (exact) mass is 344 g/mol. The zero-order chi connectivity index (χ0) is 15.1. The largest absolute Gasteiger partial charge is 0.496 e. The lowest BCUT2D eigenvalue weighted by Gasteiger charge is -2.09. The summed E-state index contributed by atoms with van der Waals surface area (Å²) in [5.74, 6) is 0.564. The number of halogens is 1. The molecule has 4 nitrogen and oxygen atoms in total. The summed E-state index contributed by atoms with van der Waals surface area (Å²) in [5, 5.41) is 5.39. The number of aromatic amines is 1. The summed E-state index contributed by atoms with van der Waals surface area (Å²) in [6.07, 6.45) is 3.47. The average molecular weight is 345 g/mol. The fraction of sp³-hybridized carbons (Fsp3) is 0.0588. The quantitative estimate of drug-likeness (QED) is 0.553. The van der Waals surface area contributed by atoms with Crippen LogP contribution in [-0.4, -0.2) is 17.1 Å². The lowest BCUT2D eigenvalue weighted by molar-refractivity contribution is 0.420. The Labute approximate surface area is 142 Å². The lowest BCUT2D eigenvalue weighted by atomic mass is 10.0. The van der Waals surface area contributed by atoms with Crippen molar-refractivity contribution in [2.45, 2.75) is 0 Å². The second-order valence-corrected chi connectivity index (χ2v) is 5.73. The molecule has 0 aliphatic rings. The minimum Gasteiger partial charge on any atom is -0.496 e. The van der Waals surface area contributed by atoms with Crippen LogP contribution in [0.3, 0.4) is 0 Å². The second kappa shape index (κ2) is 6.02. The highest BCUT2D eigenvalue weighted by atomic mass is 35.5. The number of hydrogen-bond acceptors (Lipinski definition) is 4. The van der Waals surface area contributed by atoms with E-state index < -0.39 is 0 Å². The molecule has 23 heavy (non-hydrogen) atoms. The van der Waals surface area contributed by atoms with Gasteiger partial charge in [0.05, 0.1) is 23.5 Å². The van der Waals surface area contributed by atoms with Gasteiger partial charge < -0.3 is 9.72 Å². The third kappa shape index (κ3) is 2.38. The van der Waals surface area contributed by atoms with Crippen LogP contribution in [0.1, 0.15) is 0 Å². The van der Waals surface area contributed by atoms with Crippen LogP contribution in [0.4, 0.5) is 0 Å². The third-order valence-electron chi connectivity index (χ3n) is 3.74. The number of rotatable bonds is 2. The molecule has 0 saturated carbocycles. The first kappa shape index (κ1) is 15.5. The molecule has 0 spiro atoms. The van der Waals surface area contributed by atoms with Gasteiger partial charge in [0.1, 0.15) is 5.75 Å². The van der Waals surface area contributed by atoms with Crippen molar-refractivity contribution < 1.29 is 4.74 Å². The van der Waals surface area contributed by atoms with Gasteiger partial charge in [-0.1, -0.05) is 6.07 Å². The molecule has 116 valence electrons. The molecule has 0 atom stereocenters.